The Bertz CT molecular complexity index is 390. The van der Waals surface area contributed by atoms with Crippen molar-refractivity contribution < 1.29 is 29.0 Å². The van der Waals surface area contributed by atoms with Crippen molar-refractivity contribution in [2.75, 3.05) is 33.8 Å². The molecule has 0 saturated carbocycles. The summed E-state index contributed by atoms with van der Waals surface area (Å²) < 4.78 is 5.74. The van der Waals surface area contributed by atoms with E-state index in [9.17, 15) is 14.7 Å². The molecule has 0 aliphatic rings. The Morgan fingerprint density at radius 2 is 1.86 bits per heavy atom. The predicted molar refractivity (Wildman–Crippen MR) is 84.3 cm³/mol. The number of nitrogens with zero attached hydrogens (tertiary/aromatic N) is 1. The number of carbonyl (C=O) groups excluding carboxylic acids is 1. The van der Waals surface area contributed by atoms with Crippen LogP contribution < -0.4 is 0 Å². The Hall–Kier alpha value is -1.40. The average molecular weight is 316 g/mol. The summed E-state index contributed by atoms with van der Waals surface area (Å²) in [5, 5.41) is 18.5. The highest BCUT2D eigenvalue weighted by molar-refractivity contribution is 5.79. The van der Waals surface area contributed by atoms with Gasteiger partial charge in [0, 0.05) is 6.42 Å². The lowest BCUT2D eigenvalue weighted by molar-refractivity contribution is -0.893. The average Bonchev–Trinajstić information content (AvgIpc) is 2.31. The minimum Gasteiger partial charge on any atom is -0.481 e. The maximum absolute atomic E-state index is 11.7. The van der Waals surface area contributed by atoms with Crippen molar-refractivity contribution in [3.05, 3.63) is 12.2 Å². The SMILES string of the molecule is C=C(C)CC(CC(=O)OCCC[N+](C)(C)CC(C)O)C(=O)O. The number of allylic oxidation sites excluding steroid dienone is 1. The van der Waals surface area contributed by atoms with Crippen LogP contribution in [0.4, 0.5) is 0 Å². The van der Waals surface area contributed by atoms with Crippen LogP contribution in [0.15, 0.2) is 12.2 Å². The van der Waals surface area contributed by atoms with Crippen LogP contribution in [0.3, 0.4) is 0 Å². The fourth-order valence-electron chi connectivity index (χ4n) is 2.41. The Morgan fingerprint density at radius 3 is 2.32 bits per heavy atom. The Balaban J connectivity index is 4.08. The summed E-state index contributed by atoms with van der Waals surface area (Å²) in [5.74, 6) is -2.27. The zero-order valence-electron chi connectivity index (χ0n) is 14.2. The molecule has 2 unspecified atom stereocenters. The first kappa shape index (κ1) is 20.6. The van der Waals surface area contributed by atoms with Gasteiger partial charge in [-0.25, -0.2) is 0 Å². The highest BCUT2D eigenvalue weighted by Gasteiger charge is 2.22. The number of ether oxygens (including phenoxy) is 1. The smallest absolute Gasteiger partial charge is 0.307 e. The monoisotopic (exact) mass is 316 g/mol. The van der Waals surface area contributed by atoms with Crippen molar-refractivity contribution in [3.63, 3.8) is 0 Å². The molecule has 0 bridgehead atoms. The first-order chi connectivity index (χ1) is 10.0. The second kappa shape index (κ2) is 9.58. The summed E-state index contributed by atoms with van der Waals surface area (Å²) in [6, 6.07) is 0. The summed E-state index contributed by atoms with van der Waals surface area (Å²) in [7, 11) is 4.00. The van der Waals surface area contributed by atoms with Crippen LogP contribution in [0, 0.1) is 5.92 Å². The molecule has 0 fully saturated rings. The second-order valence-electron chi connectivity index (χ2n) is 6.67. The highest BCUT2D eigenvalue weighted by Crippen LogP contribution is 2.15. The molecule has 6 nitrogen and oxygen atoms in total. The fraction of sp³-hybridized carbons (Fsp3) is 0.750. The molecule has 0 rings (SSSR count). The number of carboxylic acids is 1. The number of aliphatic hydroxyl groups excluding tert-OH is 1. The molecule has 0 aromatic heterocycles. The quantitative estimate of drug-likeness (QED) is 0.261. The largest absolute Gasteiger partial charge is 0.481 e. The number of quaternary nitrogens is 1. The van der Waals surface area contributed by atoms with Gasteiger partial charge in [-0.15, -0.1) is 6.58 Å². The van der Waals surface area contributed by atoms with Crippen molar-refractivity contribution in [3.8, 4) is 0 Å². The van der Waals surface area contributed by atoms with E-state index in [0.29, 0.717) is 17.4 Å². The number of aliphatic hydroxyl groups is 1. The predicted octanol–water partition coefficient (Wildman–Crippen LogP) is 1.43. The van der Waals surface area contributed by atoms with Crippen LogP contribution in [-0.4, -0.2) is 66.5 Å². The van der Waals surface area contributed by atoms with E-state index in [0.717, 1.165) is 12.1 Å². The van der Waals surface area contributed by atoms with E-state index in [1.807, 2.05) is 14.1 Å². The second-order valence-corrected chi connectivity index (χ2v) is 6.67. The van der Waals surface area contributed by atoms with Gasteiger partial charge in [0.25, 0.3) is 0 Å². The van der Waals surface area contributed by atoms with Gasteiger partial charge in [0.15, 0.2) is 0 Å². The van der Waals surface area contributed by atoms with E-state index in [4.69, 9.17) is 9.84 Å². The minimum absolute atomic E-state index is 0.131. The third-order valence-electron chi connectivity index (χ3n) is 3.29. The van der Waals surface area contributed by atoms with Crippen LogP contribution in [0.5, 0.6) is 0 Å². The van der Waals surface area contributed by atoms with Crippen molar-refractivity contribution in [2.24, 2.45) is 5.92 Å². The van der Waals surface area contributed by atoms with Gasteiger partial charge in [0.1, 0.15) is 12.6 Å². The van der Waals surface area contributed by atoms with E-state index in [1.165, 1.54) is 0 Å². The molecule has 0 aliphatic heterocycles. The molecule has 0 heterocycles. The van der Waals surface area contributed by atoms with Gasteiger partial charge in [-0.3, -0.25) is 9.59 Å². The molecular weight excluding hydrogens is 286 g/mol. The number of hydrogen-bond donors (Lipinski definition) is 2. The highest BCUT2D eigenvalue weighted by atomic mass is 16.5. The zero-order chi connectivity index (χ0) is 17.3. The van der Waals surface area contributed by atoms with E-state index < -0.39 is 17.9 Å². The lowest BCUT2D eigenvalue weighted by atomic mass is 9.98. The number of carboxylic acid groups (broad SMARTS) is 1. The molecule has 2 N–H and O–H groups in total. The summed E-state index contributed by atoms with van der Waals surface area (Å²) in [6.45, 7) is 8.82. The Morgan fingerprint density at radius 1 is 1.27 bits per heavy atom. The molecule has 128 valence electrons. The molecule has 0 saturated heterocycles. The standard InChI is InChI=1S/C16H29NO5/c1-12(2)9-14(16(20)21)10-15(19)22-8-6-7-17(4,5)11-13(3)18/h13-14,18H,1,6-11H2,2-5H3/p+1. The first-order valence-electron chi connectivity index (χ1n) is 7.56. The molecule has 0 spiro atoms. The van der Waals surface area contributed by atoms with Crippen LogP contribution in [0.25, 0.3) is 0 Å². The first-order valence-corrected chi connectivity index (χ1v) is 7.56. The number of likely N-dealkylation sites (N-methyl/N-ethyl adjacent to an activating group) is 1. The summed E-state index contributed by atoms with van der Waals surface area (Å²) in [6.07, 6.45) is 0.441. The molecule has 2 atom stereocenters. The topological polar surface area (TPSA) is 83.8 Å². The normalized spacial score (nSPS) is 14.2. The lowest BCUT2D eigenvalue weighted by Crippen LogP contribution is -2.45. The summed E-state index contributed by atoms with van der Waals surface area (Å²) in [4.78, 5) is 22.7. The van der Waals surface area contributed by atoms with E-state index in [2.05, 4.69) is 6.58 Å². The summed E-state index contributed by atoms with van der Waals surface area (Å²) >= 11 is 0. The molecule has 0 aromatic rings. The van der Waals surface area contributed by atoms with Gasteiger partial charge in [-0.2, -0.15) is 0 Å². The molecule has 0 radical (unpaired) electrons. The third kappa shape index (κ3) is 10.3. The van der Waals surface area contributed by atoms with Gasteiger partial charge in [0.05, 0.1) is 39.6 Å². The van der Waals surface area contributed by atoms with Gasteiger partial charge in [0.2, 0.25) is 0 Å². The van der Waals surface area contributed by atoms with Gasteiger partial charge >= 0.3 is 11.9 Å². The van der Waals surface area contributed by atoms with E-state index >= 15 is 0 Å². The molecule has 0 aliphatic carbocycles. The van der Waals surface area contributed by atoms with Crippen molar-refractivity contribution in [2.45, 2.75) is 39.2 Å². The maximum atomic E-state index is 11.7. The van der Waals surface area contributed by atoms with Crippen LogP contribution in [0.1, 0.15) is 33.1 Å². The Labute approximate surface area is 133 Å². The minimum atomic E-state index is -1.00. The fourth-order valence-corrected chi connectivity index (χ4v) is 2.41. The molecule has 6 heteroatoms. The van der Waals surface area contributed by atoms with E-state index in [1.54, 1.807) is 13.8 Å². The number of esters is 1. The molecular formula is C16H30NO5+. The number of hydrogen-bond acceptors (Lipinski definition) is 4. The maximum Gasteiger partial charge on any atom is 0.307 e. The van der Waals surface area contributed by atoms with Crippen molar-refractivity contribution >= 4 is 11.9 Å². The van der Waals surface area contributed by atoms with Crippen molar-refractivity contribution in [1.29, 1.82) is 0 Å². The number of carbonyl (C=O) groups is 2. The van der Waals surface area contributed by atoms with Gasteiger partial charge in [-0.05, 0) is 20.3 Å². The van der Waals surface area contributed by atoms with Gasteiger partial charge < -0.3 is 19.4 Å². The molecule has 0 amide bonds. The van der Waals surface area contributed by atoms with Gasteiger partial charge in [-0.1, -0.05) is 5.57 Å². The number of aliphatic carboxylic acids is 1. The van der Waals surface area contributed by atoms with E-state index in [-0.39, 0.29) is 25.6 Å². The zero-order valence-corrected chi connectivity index (χ0v) is 14.2. The van der Waals surface area contributed by atoms with Crippen molar-refractivity contribution in [1.82, 2.24) is 0 Å². The molecule has 22 heavy (non-hydrogen) atoms. The lowest BCUT2D eigenvalue weighted by Gasteiger charge is -2.30. The number of rotatable bonds is 11. The van der Waals surface area contributed by atoms with Crippen LogP contribution in [0.2, 0.25) is 0 Å². The third-order valence-corrected chi connectivity index (χ3v) is 3.29. The Kier molecular flexibility index (Phi) is 8.97. The molecule has 0 aromatic carbocycles. The van der Waals surface area contributed by atoms with Crippen LogP contribution in [-0.2, 0) is 14.3 Å². The van der Waals surface area contributed by atoms with Crippen LogP contribution >= 0.6 is 0 Å². The summed E-state index contributed by atoms with van der Waals surface area (Å²) in [5.41, 5.74) is 0.734.